The van der Waals surface area contributed by atoms with Gasteiger partial charge in [0.1, 0.15) is 29.6 Å². The molecule has 3 aromatic carbocycles. The summed E-state index contributed by atoms with van der Waals surface area (Å²) < 4.78 is 21.1. The number of hydrogen-bond acceptors (Lipinski definition) is 6. The van der Waals surface area contributed by atoms with E-state index in [0.717, 1.165) is 0 Å². The molecule has 0 saturated heterocycles. The number of methoxy groups -OCH3 is 1. The van der Waals surface area contributed by atoms with Crippen LogP contribution in [0.2, 0.25) is 0 Å². The average molecular weight is 404 g/mol. The highest BCUT2D eigenvalue weighted by Crippen LogP contribution is 2.21. The summed E-state index contributed by atoms with van der Waals surface area (Å²) in [4.78, 5) is 24.5. The third-order valence-electron chi connectivity index (χ3n) is 4.03. The van der Waals surface area contributed by atoms with Crippen molar-refractivity contribution >= 4 is 11.9 Å². The number of rotatable bonds is 8. The van der Waals surface area contributed by atoms with E-state index < -0.39 is 11.9 Å². The monoisotopic (exact) mass is 404 g/mol. The third kappa shape index (κ3) is 5.48. The SMILES string of the molecule is C=CCOc1ccc(C(=O)Oc2ccc(OC(=O)c3ccc(OC)cc3)cc2)cc1. The molecule has 0 fully saturated rings. The van der Waals surface area contributed by atoms with E-state index in [1.54, 1.807) is 86.0 Å². The minimum Gasteiger partial charge on any atom is -0.497 e. The van der Waals surface area contributed by atoms with Gasteiger partial charge in [-0.25, -0.2) is 9.59 Å². The Hall–Kier alpha value is -4.06. The summed E-state index contributed by atoms with van der Waals surface area (Å²) >= 11 is 0. The zero-order chi connectivity index (χ0) is 21.3. The molecule has 0 radical (unpaired) electrons. The van der Waals surface area contributed by atoms with Crippen molar-refractivity contribution in [3.63, 3.8) is 0 Å². The number of ether oxygens (including phenoxy) is 4. The van der Waals surface area contributed by atoms with Crippen molar-refractivity contribution in [1.29, 1.82) is 0 Å². The van der Waals surface area contributed by atoms with Crippen molar-refractivity contribution in [3.05, 3.63) is 96.6 Å². The van der Waals surface area contributed by atoms with Gasteiger partial charge in [-0.2, -0.15) is 0 Å². The molecule has 0 aliphatic carbocycles. The van der Waals surface area contributed by atoms with Gasteiger partial charge in [0, 0.05) is 0 Å². The van der Waals surface area contributed by atoms with Gasteiger partial charge in [-0.05, 0) is 72.8 Å². The van der Waals surface area contributed by atoms with Crippen LogP contribution >= 0.6 is 0 Å². The Kier molecular flexibility index (Phi) is 6.84. The van der Waals surface area contributed by atoms with E-state index in [9.17, 15) is 9.59 Å². The van der Waals surface area contributed by atoms with E-state index in [4.69, 9.17) is 18.9 Å². The lowest BCUT2D eigenvalue weighted by Gasteiger charge is -2.08. The highest BCUT2D eigenvalue weighted by atomic mass is 16.5. The van der Waals surface area contributed by atoms with Crippen LogP contribution in [0, 0.1) is 0 Å². The molecule has 30 heavy (non-hydrogen) atoms. The summed E-state index contributed by atoms with van der Waals surface area (Å²) in [7, 11) is 1.55. The Bertz CT molecular complexity index is 1010. The zero-order valence-corrected chi connectivity index (χ0v) is 16.4. The molecule has 6 nitrogen and oxygen atoms in total. The molecule has 152 valence electrons. The second kappa shape index (κ2) is 9.93. The second-order valence-electron chi connectivity index (χ2n) is 6.10. The van der Waals surface area contributed by atoms with Gasteiger partial charge >= 0.3 is 11.9 Å². The Morgan fingerprint density at radius 3 is 1.50 bits per heavy atom. The van der Waals surface area contributed by atoms with Gasteiger partial charge in [0.25, 0.3) is 0 Å². The average Bonchev–Trinajstić information content (AvgIpc) is 2.79. The van der Waals surface area contributed by atoms with Gasteiger partial charge in [-0.1, -0.05) is 12.7 Å². The molecule has 0 N–H and O–H groups in total. The number of carbonyl (C=O) groups excluding carboxylic acids is 2. The summed E-state index contributed by atoms with van der Waals surface area (Å²) in [6.07, 6.45) is 1.64. The molecule has 0 bridgehead atoms. The smallest absolute Gasteiger partial charge is 0.343 e. The summed E-state index contributed by atoms with van der Waals surface area (Å²) in [6, 6.07) is 19.4. The number of benzene rings is 3. The number of hydrogen-bond donors (Lipinski definition) is 0. The topological polar surface area (TPSA) is 71.1 Å². The van der Waals surface area contributed by atoms with Crippen LogP contribution in [0.3, 0.4) is 0 Å². The molecular weight excluding hydrogens is 384 g/mol. The third-order valence-corrected chi connectivity index (χ3v) is 4.03. The fraction of sp³-hybridized carbons (Fsp3) is 0.0833. The van der Waals surface area contributed by atoms with Crippen molar-refractivity contribution in [2.45, 2.75) is 0 Å². The van der Waals surface area contributed by atoms with Gasteiger partial charge in [-0.15, -0.1) is 0 Å². The summed E-state index contributed by atoms with van der Waals surface area (Å²) in [6.45, 7) is 3.97. The highest BCUT2D eigenvalue weighted by molar-refractivity contribution is 5.92. The van der Waals surface area contributed by atoms with E-state index in [1.807, 2.05) is 0 Å². The molecule has 0 saturated carbocycles. The van der Waals surface area contributed by atoms with Crippen molar-refractivity contribution in [2.75, 3.05) is 13.7 Å². The Balaban J connectivity index is 1.57. The van der Waals surface area contributed by atoms with E-state index >= 15 is 0 Å². The van der Waals surface area contributed by atoms with Crippen LogP contribution in [-0.4, -0.2) is 25.7 Å². The predicted molar refractivity (Wildman–Crippen MR) is 111 cm³/mol. The summed E-state index contributed by atoms with van der Waals surface area (Å²) in [5.41, 5.74) is 0.780. The minimum atomic E-state index is -0.506. The van der Waals surface area contributed by atoms with Crippen LogP contribution in [-0.2, 0) is 0 Å². The van der Waals surface area contributed by atoms with Gasteiger partial charge < -0.3 is 18.9 Å². The van der Waals surface area contributed by atoms with E-state index in [0.29, 0.717) is 40.7 Å². The first kappa shape index (κ1) is 20.7. The standard InChI is InChI=1S/C24H20O6/c1-3-16-28-20-10-6-18(7-11-20)24(26)30-22-14-12-21(13-15-22)29-23(25)17-4-8-19(27-2)9-5-17/h3-15H,1,16H2,2H3. The Morgan fingerprint density at radius 2 is 1.10 bits per heavy atom. The first-order valence-corrected chi connectivity index (χ1v) is 9.11. The molecule has 0 atom stereocenters. The molecule has 0 aliphatic rings. The molecule has 6 heteroatoms. The minimum absolute atomic E-state index is 0.330. The molecule has 0 amide bonds. The summed E-state index contributed by atoms with van der Waals surface area (Å²) in [5, 5.41) is 0. The van der Waals surface area contributed by atoms with Crippen molar-refractivity contribution in [3.8, 4) is 23.0 Å². The highest BCUT2D eigenvalue weighted by Gasteiger charge is 2.11. The maximum atomic E-state index is 12.3. The molecule has 3 aromatic rings. The molecular formula is C24H20O6. The number of carbonyl (C=O) groups is 2. The number of esters is 2. The van der Waals surface area contributed by atoms with Crippen LogP contribution in [0.25, 0.3) is 0 Å². The molecule has 0 aromatic heterocycles. The lowest BCUT2D eigenvalue weighted by Crippen LogP contribution is -2.09. The van der Waals surface area contributed by atoms with Crippen LogP contribution in [0.4, 0.5) is 0 Å². The van der Waals surface area contributed by atoms with Gasteiger partial charge in [-0.3, -0.25) is 0 Å². The van der Waals surface area contributed by atoms with Gasteiger partial charge in [0.2, 0.25) is 0 Å². The van der Waals surface area contributed by atoms with Crippen molar-refractivity contribution < 1.29 is 28.5 Å². The lowest BCUT2D eigenvalue weighted by atomic mass is 10.2. The van der Waals surface area contributed by atoms with Crippen LogP contribution in [0.1, 0.15) is 20.7 Å². The van der Waals surface area contributed by atoms with E-state index in [1.165, 1.54) is 0 Å². The molecule has 0 unspecified atom stereocenters. The fourth-order valence-electron chi connectivity index (χ4n) is 2.48. The summed E-state index contributed by atoms with van der Waals surface area (Å²) in [5.74, 6) is 0.941. The molecule has 3 rings (SSSR count). The van der Waals surface area contributed by atoms with Crippen molar-refractivity contribution in [1.82, 2.24) is 0 Å². The van der Waals surface area contributed by atoms with Gasteiger partial charge in [0.15, 0.2) is 0 Å². The van der Waals surface area contributed by atoms with Crippen LogP contribution in [0.15, 0.2) is 85.5 Å². The molecule has 0 spiro atoms. The quantitative estimate of drug-likeness (QED) is 0.308. The van der Waals surface area contributed by atoms with Crippen molar-refractivity contribution in [2.24, 2.45) is 0 Å². The second-order valence-corrected chi connectivity index (χ2v) is 6.10. The van der Waals surface area contributed by atoms with Crippen LogP contribution in [0.5, 0.6) is 23.0 Å². The molecule has 0 aliphatic heterocycles. The first-order valence-electron chi connectivity index (χ1n) is 9.11. The van der Waals surface area contributed by atoms with Gasteiger partial charge in [0.05, 0.1) is 18.2 Å². The largest absolute Gasteiger partial charge is 0.497 e. The predicted octanol–water partition coefficient (Wildman–Crippen LogP) is 4.70. The Labute approximate surface area is 174 Å². The van der Waals surface area contributed by atoms with E-state index in [-0.39, 0.29) is 0 Å². The zero-order valence-electron chi connectivity index (χ0n) is 16.4. The maximum absolute atomic E-state index is 12.3. The lowest BCUT2D eigenvalue weighted by molar-refractivity contribution is 0.0719. The Morgan fingerprint density at radius 1 is 0.700 bits per heavy atom. The fourth-order valence-corrected chi connectivity index (χ4v) is 2.48. The van der Waals surface area contributed by atoms with Crippen LogP contribution < -0.4 is 18.9 Å². The van der Waals surface area contributed by atoms with E-state index in [2.05, 4.69) is 6.58 Å². The maximum Gasteiger partial charge on any atom is 0.343 e. The molecule has 0 heterocycles. The normalized spacial score (nSPS) is 10.0. The first-order chi connectivity index (χ1) is 14.6.